The van der Waals surface area contributed by atoms with Gasteiger partial charge in [0.1, 0.15) is 0 Å². The Bertz CT molecular complexity index is 660. The van der Waals surface area contributed by atoms with Gasteiger partial charge in [-0.15, -0.1) is 24.0 Å². The van der Waals surface area contributed by atoms with Crippen LogP contribution < -0.4 is 19.5 Å². The maximum Gasteiger partial charge on any atom is 0.203 e. The molecular formula is C21H36IN3O5. The zero-order chi connectivity index (χ0) is 21.1. The second-order valence-corrected chi connectivity index (χ2v) is 6.83. The predicted molar refractivity (Wildman–Crippen MR) is 129 cm³/mol. The van der Waals surface area contributed by atoms with E-state index < -0.39 is 0 Å². The number of hydrogen-bond acceptors (Lipinski definition) is 6. The minimum absolute atomic E-state index is 0. The summed E-state index contributed by atoms with van der Waals surface area (Å²) in [5.41, 5.74) is 0.944. The highest BCUT2D eigenvalue weighted by Crippen LogP contribution is 2.40. The average molecular weight is 537 g/mol. The molecule has 1 aliphatic heterocycles. The van der Waals surface area contributed by atoms with Crippen molar-refractivity contribution in [2.45, 2.75) is 19.9 Å². The van der Waals surface area contributed by atoms with E-state index in [1.807, 2.05) is 12.1 Å². The Hall–Kier alpha value is -1.46. The van der Waals surface area contributed by atoms with Crippen LogP contribution in [-0.2, 0) is 16.0 Å². The molecule has 8 nitrogen and oxygen atoms in total. The molecule has 0 radical (unpaired) electrons. The molecule has 1 aromatic carbocycles. The third-order valence-electron chi connectivity index (χ3n) is 4.89. The molecule has 1 heterocycles. The van der Waals surface area contributed by atoms with E-state index in [9.17, 15) is 0 Å². The van der Waals surface area contributed by atoms with Gasteiger partial charge in [-0.1, -0.05) is 0 Å². The molecule has 0 bridgehead atoms. The fourth-order valence-corrected chi connectivity index (χ4v) is 3.43. The van der Waals surface area contributed by atoms with Crippen molar-refractivity contribution < 1.29 is 23.7 Å². The summed E-state index contributed by atoms with van der Waals surface area (Å²) in [7, 11) is 6.54. The summed E-state index contributed by atoms with van der Waals surface area (Å²) in [5, 5.41) is 3.40. The molecule has 1 atom stereocenters. The Morgan fingerprint density at radius 2 is 1.87 bits per heavy atom. The monoisotopic (exact) mass is 537 g/mol. The van der Waals surface area contributed by atoms with Gasteiger partial charge >= 0.3 is 0 Å². The van der Waals surface area contributed by atoms with Crippen molar-refractivity contribution in [2.75, 3.05) is 67.9 Å². The molecule has 1 fully saturated rings. The van der Waals surface area contributed by atoms with Crippen molar-refractivity contribution in [2.24, 2.45) is 10.9 Å². The first kappa shape index (κ1) is 26.6. The standard InChI is InChI=1S/C21H35N3O5.HI/c1-6-22-21(24-10-9-16(14-24)15-29-12-11-25-2)23-13-17-7-8-18(26-3)20(28-5)19(17)27-4;/h7-8,16H,6,9-15H2,1-5H3,(H,22,23);1H. The number of ether oxygens (including phenoxy) is 5. The van der Waals surface area contributed by atoms with E-state index >= 15 is 0 Å². The van der Waals surface area contributed by atoms with Crippen LogP contribution in [0.3, 0.4) is 0 Å². The van der Waals surface area contributed by atoms with E-state index in [-0.39, 0.29) is 24.0 Å². The fourth-order valence-electron chi connectivity index (χ4n) is 3.43. The van der Waals surface area contributed by atoms with Crippen molar-refractivity contribution in [3.63, 3.8) is 0 Å². The lowest BCUT2D eigenvalue weighted by molar-refractivity contribution is 0.0536. The Kier molecular flexibility index (Phi) is 12.9. The Labute approximate surface area is 197 Å². The number of benzene rings is 1. The predicted octanol–water partition coefficient (Wildman–Crippen LogP) is 2.78. The first-order chi connectivity index (χ1) is 14.2. The van der Waals surface area contributed by atoms with Crippen LogP contribution in [0.4, 0.5) is 0 Å². The van der Waals surface area contributed by atoms with Gasteiger partial charge < -0.3 is 33.9 Å². The summed E-state index contributed by atoms with van der Waals surface area (Å²) >= 11 is 0. The molecule has 0 aromatic heterocycles. The van der Waals surface area contributed by atoms with Crippen molar-refractivity contribution in [1.29, 1.82) is 0 Å². The molecule has 30 heavy (non-hydrogen) atoms. The highest BCUT2D eigenvalue weighted by atomic mass is 127. The minimum atomic E-state index is 0. The van der Waals surface area contributed by atoms with Gasteiger partial charge in [0.2, 0.25) is 5.75 Å². The van der Waals surface area contributed by atoms with Crippen LogP contribution in [0.2, 0.25) is 0 Å². The largest absolute Gasteiger partial charge is 0.493 e. The van der Waals surface area contributed by atoms with Crippen molar-refractivity contribution in [1.82, 2.24) is 10.2 Å². The number of halogens is 1. The average Bonchev–Trinajstić information content (AvgIpc) is 3.22. The lowest BCUT2D eigenvalue weighted by atomic mass is 10.1. The quantitative estimate of drug-likeness (QED) is 0.202. The van der Waals surface area contributed by atoms with Gasteiger partial charge in [-0.3, -0.25) is 0 Å². The molecule has 1 unspecified atom stereocenters. The number of rotatable bonds is 11. The van der Waals surface area contributed by atoms with Gasteiger partial charge in [-0.05, 0) is 25.5 Å². The Balaban J connectivity index is 0.00000450. The van der Waals surface area contributed by atoms with Crippen molar-refractivity contribution in [3.05, 3.63) is 17.7 Å². The van der Waals surface area contributed by atoms with Gasteiger partial charge in [0.25, 0.3) is 0 Å². The number of hydrogen-bond donors (Lipinski definition) is 1. The molecule has 1 aromatic rings. The van der Waals surface area contributed by atoms with E-state index in [0.717, 1.165) is 44.2 Å². The SMILES string of the molecule is CCNC(=NCc1ccc(OC)c(OC)c1OC)N1CCC(COCCOC)C1.I. The van der Waals surface area contributed by atoms with Crippen LogP contribution in [0.25, 0.3) is 0 Å². The first-order valence-electron chi connectivity index (χ1n) is 10.1. The summed E-state index contributed by atoms with van der Waals surface area (Å²) in [6, 6.07) is 3.84. The molecular weight excluding hydrogens is 501 g/mol. The first-order valence-corrected chi connectivity index (χ1v) is 10.1. The maximum atomic E-state index is 5.70. The molecule has 0 aliphatic carbocycles. The van der Waals surface area contributed by atoms with Gasteiger partial charge in [-0.25, -0.2) is 4.99 Å². The maximum absolute atomic E-state index is 5.70. The number of methoxy groups -OCH3 is 4. The van der Waals surface area contributed by atoms with Gasteiger partial charge in [0.15, 0.2) is 17.5 Å². The van der Waals surface area contributed by atoms with Gasteiger partial charge in [0.05, 0.1) is 47.7 Å². The summed E-state index contributed by atoms with van der Waals surface area (Å²) in [6.45, 7) is 7.30. The van der Waals surface area contributed by atoms with E-state index in [1.54, 1.807) is 28.4 Å². The molecule has 0 amide bonds. The molecule has 2 rings (SSSR count). The van der Waals surface area contributed by atoms with Crippen LogP contribution in [0.15, 0.2) is 17.1 Å². The summed E-state index contributed by atoms with van der Waals surface area (Å²) < 4.78 is 27.1. The summed E-state index contributed by atoms with van der Waals surface area (Å²) in [6.07, 6.45) is 1.09. The van der Waals surface area contributed by atoms with E-state index in [0.29, 0.717) is 42.9 Å². The van der Waals surface area contributed by atoms with Crippen molar-refractivity contribution in [3.8, 4) is 17.2 Å². The van der Waals surface area contributed by atoms with Gasteiger partial charge in [0, 0.05) is 38.2 Å². The Morgan fingerprint density at radius 1 is 1.10 bits per heavy atom. The van der Waals surface area contributed by atoms with Crippen LogP contribution in [0.5, 0.6) is 17.2 Å². The third kappa shape index (κ3) is 7.35. The molecule has 9 heteroatoms. The molecule has 0 saturated carbocycles. The number of nitrogens with zero attached hydrogens (tertiary/aromatic N) is 2. The summed E-state index contributed by atoms with van der Waals surface area (Å²) in [5.74, 6) is 3.29. The van der Waals surface area contributed by atoms with Crippen LogP contribution >= 0.6 is 24.0 Å². The molecule has 1 N–H and O–H groups in total. The van der Waals surface area contributed by atoms with Crippen molar-refractivity contribution >= 4 is 29.9 Å². The molecule has 0 spiro atoms. The minimum Gasteiger partial charge on any atom is -0.493 e. The zero-order valence-corrected chi connectivity index (χ0v) is 21.1. The zero-order valence-electron chi connectivity index (χ0n) is 18.7. The molecule has 1 aliphatic rings. The van der Waals surface area contributed by atoms with Gasteiger partial charge in [-0.2, -0.15) is 0 Å². The highest BCUT2D eigenvalue weighted by Gasteiger charge is 2.25. The van der Waals surface area contributed by atoms with E-state index in [2.05, 4.69) is 17.1 Å². The fraction of sp³-hybridized carbons (Fsp3) is 0.667. The lowest BCUT2D eigenvalue weighted by Gasteiger charge is -2.22. The third-order valence-corrected chi connectivity index (χ3v) is 4.89. The Morgan fingerprint density at radius 3 is 2.50 bits per heavy atom. The number of guanidine groups is 1. The van der Waals surface area contributed by atoms with Crippen LogP contribution in [0.1, 0.15) is 18.9 Å². The normalized spacial score (nSPS) is 16.2. The number of likely N-dealkylation sites (tertiary alicyclic amines) is 1. The summed E-state index contributed by atoms with van der Waals surface area (Å²) in [4.78, 5) is 7.14. The van der Waals surface area contributed by atoms with E-state index in [1.165, 1.54) is 0 Å². The van der Waals surface area contributed by atoms with E-state index in [4.69, 9.17) is 28.7 Å². The van der Waals surface area contributed by atoms with Crippen LogP contribution in [0, 0.1) is 5.92 Å². The topological polar surface area (TPSA) is 73.8 Å². The lowest BCUT2D eigenvalue weighted by Crippen LogP contribution is -2.40. The number of aliphatic imine (C=N–C) groups is 1. The number of nitrogens with one attached hydrogen (secondary N) is 1. The smallest absolute Gasteiger partial charge is 0.203 e. The molecule has 172 valence electrons. The second-order valence-electron chi connectivity index (χ2n) is 6.83. The van der Waals surface area contributed by atoms with Crippen LogP contribution in [-0.4, -0.2) is 78.8 Å². The second kappa shape index (κ2) is 14.5. The molecule has 1 saturated heterocycles. The highest BCUT2D eigenvalue weighted by molar-refractivity contribution is 14.0.